The Hall–Kier alpha value is -0.610. The number of carbonyl (C=O) groups excluding carboxylic acids is 1. The third-order valence-corrected chi connectivity index (χ3v) is 3.36. The summed E-state index contributed by atoms with van der Waals surface area (Å²) in [6.45, 7) is 4.07. The molecule has 1 unspecified atom stereocenters. The largest absolute Gasteiger partial charge is 0.431 e. The number of ether oxygens (including phenoxy) is 3. The summed E-state index contributed by atoms with van der Waals surface area (Å²) in [6.07, 6.45) is -0.761. The molecule has 4 heteroatoms. The Kier molecular flexibility index (Phi) is 1.34. The van der Waals surface area contributed by atoms with Gasteiger partial charge < -0.3 is 14.2 Å². The van der Waals surface area contributed by atoms with E-state index in [1.165, 1.54) is 0 Å². The van der Waals surface area contributed by atoms with Gasteiger partial charge in [0.15, 0.2) is 6.10 Å². The van der Waals surface area contributed by atoms with Crippen molar-refractivity contribution < 1.29 is 19.0 Å². The lowest BCUT2D eigenvalue weighted by molar-refractivity contribution is -0.225. The van der Waals surface area contributed by atoms with Crippen molar-refractivity contribution in [1.82, 2.24) is 0 Å². The van der Waals surface area contributed by atoms with Crippen LogP contribution in [-0.2, 0) is 19.0 Å². The average Bonchev–Trinajstić information content (AvgIpc) is 2.25. The molecule has 0 amide bonds. The van der Waals surface area contributed by atoms with Gasteiger partial charge in [0.05, 0.1) is 6.10 Å². The van der Waals surface area contributed by atoms with Crippen LogP contribution in [0.2, 0.25) is 0 Å². The van der Waals surface area contributed by atoms with Crippen molar-refractivity contribution in [2.45, 2.75) is 38.4 Å². The number of hydrogen-bond donors (Lipinski definition) is 0. The number of rotatable bonds is 0. The molecule has 0 N–H and O–H groups in total. The van der Waals surface area contributed by atoms with Crippen LogP contribution in [-0.4, -0.2) is 30.6 Å². The van der Waals surface area contributed by atoms with Crippen molar-refractivity contribution in [3.63, 3.8) is 0 Å². The molecule has 3 rings (SSSR count). The molecule has 72 valence electrons. The highest BCUT2D eigenvalue weighted by Gasteiger charge is 2.59. The molecule has 3 aliphatic rings. The summed E-state index contributed by atoms with van der Waals surface area (Å²) in [5.41, 5.74) is 0. The Balaban J connectivity index is 2.02. The van der Waals surface area contributed by atoms with Crippen LogP contribution >= 0.6 is 0 Å². The fourth-order valence-corrected chi connectivity index (χ4v) is 2.59. The van der Waals surface area contributed by atoms with Crippen LogP contribution < -0.4 is 0 Å². The van der Waals surface area contributed by atoms with Crippen molar-refractivity contribution in [1.29, 1.82) is 0 Å². The number of hydrogen-bond acceptors (Lipinski definition) is 4. The van der Waals surface area contributed by atoms with E-state index in [1.807, 2.05) is 6.92 Å². The van der Waals surface area contributed by atoms with Crippen molar-refractivity contribution in [3.8, 4) is 0 Å². The van der Waals surface area contributed by atoms with Crippen molar-refractivity contribution in [3.05, 3.63) is 0 Å². The number of carbonyl (C=O) groups is 1. The standard InChI is InChI=1S/C9H12O4/c1-3-5-4(2)7-9(12-5)13-8(10)6(3)11-7/h3-7,9H,1-2H3/t3-,4+,5+,6+,7-,9?/m1/s1. The van der Waals surface area contributed by atoms with Crippen molar-refractivity contribution in [2.75, 3.05) is 0 Å². The third kappa shape index (κ3) is 0.802. The molecule has 3 aliphatic heterocycles. The van der Waals surface area contributed by atoms with Crippen molar-refractivity contribution in [2.24, 2.45) is 11.8 Å². The second-order valence-corrected chi connectivity index (χ2v) is 4.15. The Morgan fingerprint density at radius 3 is 2.62 bits per heavy atom. The first-order chi connectivity index (χ1) is 6.18. The van der Waals surface area contributed by atoms with E-state index in [1.54, 1.807) is 0 Å². The number of fused-ring (bicyclic) bond motifs is 2. The maximum absolute atomic E-state index is 11.3. The maximum atomic E-state index is 11.3. The summed E-state index contributed by atoms with van der Waals surface area (Å²) in [6, 6.07) is 0. The maximum Gasteiger partial charge on any atom is 0.338 e. The third-order valence-electron chi connectivity index (χ3n) is 3.36. The first-order valence-electron chi connectivity index (χ1n) is 4.70. The van der Waals surface area contributed by atoms with Gasteiger partial charge in [0, 0.05) is 11.8 Å². The molecule has 3 bridgehead atoms. The molecule has 0 spiro atoms. The Bertz CT molecular complexity index is 264. The first-order valence-corrected chi connectivity index (χ1v) is 4.70. The molecule has 4 nitrogen and oxygen atoms in total. The van der Waals surface area contributed by atoms with Crippen LogP contribution in [0.3, 0.4) is 0 Å². The summed E-state index contributed by atoms with van der Waals surface area (Å²) >= 11 is 0. The second-order valence-electron chi connectivity index (χ2n) is 4.15. The summed E-state index contributed by atoms with van der Waals surface area (Å²) in [5.74, 6) is 0.193. The molecular formula is C9H12O4. The fourth-order valence-electron chi connectivity index (χ4n) is 2.59. The van der Waals surface area contributed by atoms with Gasteiger partial charge in [-0.05, 0) is 0 Å². The molecule has 0 radical (unpaired) electrons. The van der Waals surface area contributed by atoms with Gasteiger partial charge in [-0.15, -0.1) is 0 Å². The SMILES string of the molecule is C[C@@H]1[C@@H]2OC3OC(=O)[C@H]1O[C@@H]3[C@H]2C. The lowest BCUT2D eigenvalue weighted by atomic mass is 9.84. The second kappa shape index (κ2) is 2.25. The van der Waals surface area contributed by atoms with Crippen LogP contribution in [0.1, 0.15) is 13.8 Å². The van der Waals surface area contributed by atoms with Gasteiger partial charge in [0.1, 0.15) is 6.10 Å². The Morgan fingerprint density at radius 1 is 1.08 bits per heavy atom. The average molecular weight is 184 g/mol. The van der Waals surface area contributed by atoms with E-state index in [-0.39, 0.29) is 24.1 Å². The summed E-state index contributed by atoms with van der Waals surface area (Å²) in [4.78, 5) is 11.3. The zero-order valence-electron chi connectivity index (χ0n) is 7.60. The van der Waals surface area contributed by atoms with Crippen molar-refractivity contribution >= 4 is 5.97 Å². The van der Waals surface area contributed by atoms with Gasteiger partial charge in [-0.2, -0.15) is 0 Å². The number of esters is 1. The highest BCUT2D eigenvalue weighted by molar-refractivity contribution is 5.76. The zero-order chi connectivity index (χ0) is 9.16. The lowest BCUT2D eigenvalue weighted by Crippen LogP contribution is -2.53. The summed E-state index contributed by atoms with van der Waals surface area (Å²) in [7, 11) is 0. The van der Waals surface area contributed by atoms with Crippen LogP contribution in [0.4, 0.5) is 0 Å². The van der Waals surface area contributed by atoms with E-state index in [2.05, 4.69) is 6.92 Å². The van der Waals surface area contributed by atoms with E-state index in [0.717, 1.165) is 0 Å². The highest BCUT2D eigenvalue weighted by Crippen LogP contribution is 2.44. The minimum absolute atomic E-state index is 0.0381. The summed E-state index contributed by atoms with van der Waals surface area (Å²) < 4.78 is 16.3. The molecule has 13 heavy (non-hydrogen) atoms. The van der Waals surface area contributed by atoms with Crippen LogP contribution in [0.25, 0.3) is 0 Å². The predicted molar refractivity (Wildman–Crippen MR) is 41.7 cm³/mol. The molecule has 3 saturated heterocycles. The summed E-state index contributed by atoms with van der Waals surface area (Å²) in [5, 5.41) is 0. The van der Waals surface area contributed by atoms with Gasteiger partial charge >= 0.3 is 5.97 Å². The quantitative estimate of drug-likeness (QED) is 0.508. The van der Waals surface area contributed by atoms with E-state index in [4.69, 9.17) is 14.2 Å². The van der Waals surface area contributed by atoms with Crippen LogP contribution in [0.5, 0.6) is 0 Å². The highest BCUT2D eigenvalue weighted by atomic mass is 16.8. The van der Waals surface area contributed by atoms with E-state index < -0.39 is 12.4 Å². The lowest BCUT2D eigenvalue weighted by Gasteiger charge is -2.38. The van der Waals surface area contributed by atoms with E-state index >= 15 is 0 Å². The normalized spacial score (nSPS) is 58.2. The molecule has 3 fully saturated rings. The molecule has 0 aromatic heterocycles. The van der Waals surface area contributed by atoms with Gasteiger partial charge in [0.25, 0.3) is 0 Å². The predicted octanol–water partition coefficient (Wildman–Crippen LogP) is 0.308. The minimum atomic E-state index is -0.450. The molecule has 3 heterocycles. The zero-order valence-corrected chi connectivity index (χ0v) is 7.60. The monoisotopic (exact) mass is 184 g/mol. The molecule has 0 aromatic rings. The Labute approximate surface area is 76.1 Å². The first kappa shape index (κ1) is 7.76. The topological polar surface area (TPSA) is 44.8 Å². The minimum Gasteiger partial charge on any atom is -0.431 e. The Morgan fingerprint density at radius 2 is 1.85 bits per heavy atom. The molecule has 0 aliphatic carbocycles. The van der Waals surface area contributed by atoms with Gasteiger partial charge in [-0.1, -0.05) is 13.8 Å². The van der Waals surface area contributed by atoms with Crippen LogP contribution in [0.15, 0.2) is 0 Å². The molecule has 6 atom stereocenters. The molecule has 0 aromatic carbocycles. The smallest absolute Gasteiger partial charge is 0.338 e. The van der Waals surface area contributed by atoms with Gasteiger partial charge in [-0.25, -0.2) is 4.79 Å². The van der Waals surface area contributed by atoms with E-state index in [0.29, 0.717) is 5.92 Å². The van der Waals surface area contributed by atoms with Gasteiger partial charge in [-0.3, -0.25) is 0 Å². The van der Waals surface area contributed by atoms with Crippen LogP contribution in [0, 0.1) is 11.8 Å². The fraction of sp³-hybridized carbons (Fsp3) is 0.889. The molecular weight excluding hydrogens is 172 g/mol. The molecule has 0 saturated carbocycles. The van der Waals surface area contributed by atoms with Gasteiger partial charge in [0.2, 0.25) is 6.29 Å². The van der Waals surface area contributed by atoms with E-state index in [9.17, 15) is 4.79 Å².